The highest BCUT2D eigenvalue weighted by Gasteiger charge is 2.16. The van der Waals surface area contributed by atoms with Crippen LogP contribution in [-0.2, 0) is 4.74 Å². The number of hydrogen-bond acceptors (Lipinski definition) is 6. The maximum Gasteiger partial charge on any atom is 0.427 e. The monoisotopic (exact) mass is 289 g/mol. The molecule has 21 heavy (non-hydrogen) atoms. The van der Waals surface area contributed by atoms with Crippen LogP contribution < -0.4 is 5.43 Å². The Bertz CT molecular complexity index is 693. The van der Waals surface area contributed by atoms with Gasteiger partial charge in [-0.05, 0) is 18.2 Å². The Morgan fingerprint density at radius 1 is 1.38 bits per heavy atom. The van der Waals surface area contributed by atoms with Crippen LogP contribution >= 0.6 is 0 Å². The summed E-state index contributed by atoms with van der Waals surface area (Å²) < 4.78 is 9.77. The summed E-state index contributed by atoms with van der Waals surface area (Å²) in [6.45, 7) is 0. The zero-order valence-corrected chi connectivity index (χ0v) is 11.0. The lowest BCUT2D eigenvalue weighted by Crippen LogP contribution is -2.16. The van der Waals surface area contributed by atoms with Crippen molar-refractivity contribution in [1.29, 1.82) is 0 Å². The topological polar surface area (TPSA) is 107 Å². The normalized spacial score (nSPS) is 10.5. The van der Waals surface area contributed by atoms with E-state index in [1.54, 1.807) is 30.3 Å². The first kappa shape index (κ1) is 14.3. The predicted octanol–water partition coefficient (Wildman–Crippen LogP) is 2.54. The Kier molecular flexibility index (Phi) is 4.30. The third-order valence-corrected chi connectivity index (χ3v) is 2.53. The van der Waals surface area contributed by atoms with E-state index in [4.69, 9.17) is 4.42 Å². The van der Waals surface area contributed by atoms with Gasteiger partial charge in [-0.2, -0.15) is 5.10 Å². The van der Waals surface area contributed by atoms with Crippen LogP contribution in [0.5, 0.6) is 0 Å². The Morgan fingerprint density at radius 3 is 2.86 bits per heavy atom. The first-order chi connectivity index (χ1) is 10.1. The van der Waals surface area contributed by atoms with Crippen LogP contribution in [-0.4, -0.2) is 24.3 Å². The van der Waals surface area contributed by atoms with Gasteiger partial charge in [0.25, 0.3) is 5.69 Å². The van der Waals surface area contributed by atoms with Gasteiger partial charge in [-0.1, -0.05) is 12.1 Å². The second-order valence-electron chi connectivity index (χ2n) is 3.84. The molecule has 0 unspecified atom stereocenters. The molecule has 0 aliphatic carbocycles. The van der Waals surface area contributed by atoms with E-state index in [1.165, 1.54) is 19.4 Å². The maximum atomic E-state index is 11.0. The molecule has 0 radical (unpaired) electrons. The second-order valence-corrected chi connectivity index (χ2v) is 3.84. The Labute approximate surface area is 119 Å². The average molecular weight is 289 g/mol. The average Bonchev–Trinajstić information content (AvgIpc) is 2.95. The lowest BCUT2D eigenvalue weighted by molar-refractivity contribution is -0.384. The molecule has 0 bridgehead atoms. The molecule has 0 fully saturated rings. The summed E-state index contributed by atoms with van der Waals surface area (Å²) in [5.41, 5.74) is 2.41. The van der Waals surface area contributed by atoms with Crippen molar-refractivity contribution in [2.75, 3.05) is 7.11 Å². The number of carbonyl (C=O) groups is 1. The summed E-state index contributed by atoms with van der Waals surface area (Å²) in [4.78, 5) is 21.3. The molecular weight excluding hydrogens is 278 g/mol. The number of nitrogens with zero attached hydrogens (tertiary/aromatic N) is 2. The van der Waals surface area contributed by atoms with E-state index in [2.05, 4.69) is 15.3 Å². The minimum atomic E-state index is -0.711. The van der Waals surface area contributed by atoms with Crippen molar-refractivity contribution in [1.82, 2.24) is 5.43 Å². The summed E-state index contributed by atoms with van der Waals surface area (Å²) in [5, 5.41) is 14.6. The number of nitrogens with one attached hydrogen (secondary N) is 1. The van der Waals surface area contributed by atoms with Gasteiger partial charge in [0.2, 0.25) is 0 Å². The van der Waals surface area contributed by atoms with Crippen molar-refractivity contribution >= 4 is 18.0 Å². The van der Waals surface area contributed by atoms with Crippen molar-refractivity contribution in [2.45, 2.75) is 0 Å². The standard InChI is InChI=1S/C13H11N3O5/c1-20-13(17)15-14-8-9-6-7-12(21-9)10-4-2-3-5-11(10)16(18)19/h2-8H,1H3,(H,15,17). The van der Waals surface area contributed by atoms with E-state index in [0.29, 0.717) is 17.1 Å². The van der Waals surface area contributed by atoms with Crippen molar-refractivity contribution in [3.8, 4) is 11.3 Å². The van der Waals surface area contributed by atoms with Gasteiger partial charge in [-0.3, -0.25) is 10.1 Å². The van der Waals surface area contributed by atoms with E-state index < -0.39 is 11.0 Å². The summed E-state index contributed by atoms with van der Waals surface area (Å²) >= 11 is 0. The molecule has 8 heteroatoms. The largest absolute Gasteiger partial charge is 0.455 e. The number of furan rings is 1. The number of para-hydroxylation sites is 1. The lowest BCUT2D eigenvalue weighted by atomic mass is 10.1. The maximum absolute atomic E-state index is 11.0. The molecular formula is C13H11N3O5. The molecule has 1 heterocycles. The summed E-state index contributed by atoms with van der Waals surface area (Å²) in [7, 11) is 1.21. The minimum Gasteiger partial charge on any atom is -0.455 e. The number of ether oxygens (including phenoxy) is 1. The number of benzene rings is 1. The minimum absolute atomic E-state index is 0.0528. The fraction of sp³-hybridized carbons (Fsp3) is 0.0769. The molecule has 0 aliphatic rings. The van der Waals surface area contributed by atoms with Gasteiger partial charge in [0, 0.05) is 6.07 Å². The van der Waals surface area contributed by atoms with Crippen molar-refractivity contribution < 1.29 is 18.9 Å². The highest BCUT2D eigenvalue weighted by Crippen LogP contribution is 2.30. The Balaban J connectivity index is 2.21. The molecule has 2 aromatic rings. The zero-order valence-electron chi connectivity index (χ0n) is 11.0. The zero-order chi connectivity index (χ0) is 15.2. The van der Waals surface area contributed by atoms with E-state index in [9.17, 15) is 14.9 Å². The quantitative estimate of drug-likeness (QED) is 0.528. The summed E-state index contributed by atoms with van der Waals surface area (Å²) in [6, 6.07) is 9.40. The van der Waals surface area contributed by atoms with E-state index >= 15 is 0 Å². The molecule has 108 valence electrons. The van der Waals surface area contributed by atoms with Crippen LogP contribution in [0, 0.1) is 10.1 Å². The number of nitro benzene ring substituents is 1. The van der Waals surface area contributed by atoms with Crippen molar-refractivity contribution in [3.63, 3.8) is 0 Å². The third kappa shape index (κ3) is 3.44. The summed E-state index contributed by atoms with van der Waals surface area (Å²) in [6.07, 6.45) is 0.548. The summed E-state index contributed by atoms with van der Waals surface area (Å²) in [5.74, 6) is 0.668. The number of hydrogen-bond donors (Lipinski definition) is 1. The van der Waals surface area contributed by atoms with Crippen molar-refractivity contribution in [3.05, 3.63) is 52.3 Å². The number of amides is 1. The van der Waals surface area contributed by atoms with Gasteiger partial charge in [0.15, 0.2) is 0 Å². The fourth-order valence-corrected chi connectivity index (χ4v) is 1.60. The molecule has 0 atom stereocenters. The molecule has 0 aliphatic heterocycles. The number of rotatable bonds is 4. The van der Waals surface area contributed by atoms with Gasteiger partial charge in [-0.25, -0.2) is 10.2 Å². The molecule has 2 rings (SSSR count). The highest BCUT2D eigenvalue weighted by molar-refractivity contribution is 5.79. The number of carbonyl (C=O) groups excluding carboxylic acids is 1. The molecule has 1 aromatic heterocycles. The van der Waals surface area contributed by atoms with Crippen molar-refractivity contribution in [2.24, 2.45) is 5.10 Å². The fourth-order valence-electron chi connectivity index (χ4n) is 1.60. The number of nitro groups is 1. The highest BCUT2D eigenvalue weighted by atomic mass is 16.6. The molecule has 1 amide bonds. The number of methoxy groups -OCH3 is 1. The molecule has 0 spiro atoms. The smallest absolute Gasteiger partial charge is 0.427 e. The van der Waals surface area contributed by atoms with Crippen LogP contribution in [0.15, 0.2) is 45.9 Å². The molecule has 1 N–H and O–H groups in total. The van der Waals surface area contributed by atoms with Gasteiger partial charge in [0.05, 0.1) is 23.8 Å². The SMILES string of the molecule is COC(=O)NN=Cc1ccc(-c2ccccc2[N+](=O)[O-])o1. The van der Waals surface area contributed by atoms with Crippen LogP contribution in [0.3, 0.4) is 0 Å². The van der Waals surface area contributed by atoms with Gasteiger partial charge >= 0.3 is 6.09 Å². The molecule has 0 saturated carbocycles. The van der Waals surface area contributed by atoms with Crippen LogP contribution in [0.1, 0.15) is 5.76 Å². The third-order valence-electron chi connectivity index (χ3n) is 2.53. The number of hydrazone groups is 1. The second kappa shape index (κ2) is 6.33. The Morgan fingerprint density at radius 2 is 2.14 bits per heavy atom. The molecule has 1 aromatic carbocycles. The first-order valence-electron chi connectivity index (χ1n) is 5.82. The molecule has 8 nitrogen and oxygen atoms in total. The van der Waals surface area contributed by atoms with Crippen LogP contribution in [0.2, 0.25) is 0 Å². The van der Waals surface area contributed by atoms with Crippen LogP contribution in [0.4, 0.5) is 10.5 Å². The van der Waals surface area contributed by atoms with Gasteiger partial charge < -0.3 is 9.15 Å². The van der Waals surface area contributed by atoms with E-state index in [0.717, 1.165) is 0 Å². The predicted molar refractivity (Wildman–Crippen MR) is 73.9 cm³/mol. The van der Waals surface area contributed by atoms with Gasteiger partial charge in [0.1, 0.15) is 11.5 Å². The van der Waals surface area contributed by atoms with Gasteiger partial charge in [-0.15, -0.1) is 0 Å². The first-order valence-corrected chi connectivity index (χ1v) is 5.82. The molecule has 0 saturated heterocycles. The Hall–Kier alpha value is -3.16. The van der Waals surface area contributed by atoms with Crippen LogP contribution in [0.25, 0.3) is 11.3 Å². The van der Waals surface area contributed by atoms with E-state index in [-0.39, 0.29) is 5.69 Å². The van der Waals surface area contributed by atoms with E-state index in [1.807, 2.05) is 0 Å². The lowest BCUT2D eigenvalue weighted by Gasteiger charge is -1.98.